The number of aryl methyl sites for hydroxylation is 2. The molecule has 0 radical (unpaired) electrons. The maximum Gasteiger partial charge on any atom is 0.138 e. The highest BCUT2D eigenvalue weighted by Crippen LogP contribution is 2.15. The van der Waals surface area contributed by atoms with Crippen LogP contribution in [-0.4, -0.2) is 22.1 Å². The van der Waals surface area contributed by atoms with E-state index in [1.165, 1.54) is 5.56 Å². The van der Waals surface area contributed by atoms with E-state index in [0.717, 1.165) is 30.2 Å². The molecule has 86 valence electrons. The third-order valence-corrected chi connectivity index (χ3v) is 3.16. The minimum Gasteiger partial charge on any atom is -0.361 e. The molecule has 0 aliphatic carbocycles. The Bertz CT molecular complexity index is 430. The Morgan fingerprint density at radius 2 is 2.19 bits per heavy atom. The van der Waals surface area contributed by atoms with Gasteiger partial charge in [0.2, 0.25) is 0 Å². The van der Waals surface area contributed by atoms with Gasteiger partial charge < -0.3 is 4.52 Å². The summed E-state index contributed by atoms with van der Waals surface area (Å²) in [6, 6.07) is 0. The van der Waals surface area contributed by atoms with Crippen molar-refractivity contribution < 1.29 is 4.52 Å². The van der Waals surface area contributed by atoms with Crippen LogP contribution in [0, 0.1) is 13.8 Å². The fourth-order valence-corrected chi connectivity index (χ4v) is 2.20. The van der Waals surface area contributed by atoms with Crippen LogP contribution in [0.25, 0.3) is 0 Å². The number of aromatic nitrogens is 2. The standard InChI is InChI=1S/C11H15N3OS/c1-8-11(9(2)15-13-8)5-14(3)4-10-6-16-7-12-10/h6-7H,4-5H2,1-3H3. The van der Waals surface area contributed by atoms with E-state index in [-0.39, 0.29) is 0 Å². The molecular formula is C11H15N3OS. The smallest absolute Gasteiger partial charge is 0.138 e. The molecule has 2 aromatic rings. The minimum atomic E-state index is 0.846. The topological polar surface area (TPSA) is 42.2 Å². The summed E-state index contributed by atoms with van der Waals surface area (Å²) in [5.41, 5.74) is 5.12. The molecule has 0 bridgehead atoms. The predicted octanol–water partition coefficient (Wildman–Crippen LogP) is 2.38. The molecule has 4 nitrogen and oxygen atoms in total. The van der Waals surface area contributed by atoms with E-state index in [0.29, 0.717) is 0 Å². The maximum absolute atomic E-state index is 5.14. The van der Waals surface area contributed by atoms with Crippen LogP contribution in [0.3, 0.4) is 0 Å². The Hall–Kier alpha value is -1.20. The molecular weight excluding hydrogens is 222 g/mol. The van der Waals surface area contributed by atoms with Gasteiger partial charge in [-0.05, 0) is 20.9 Å². The molecule has 0 saturated heterocycles. The van der Waals surface area contributed by atoms with Gasteiger partial charge in [0, 0.05) is 24.0 Å². The summed E-state index contributed by atoms with van der Waals surface area (Å²) in [6.07, 6.45) is 0. The van der Waals surface area contributed by atoms with Crippen molar-refractivity contribution in [1.82, 2.24) is 15.0 Å². The Morgan fingerprint density at radius 1 is 1.38 bits per heavy atom. The highest BCUT2D eigenvalue weighted by Gasteiger charge is 2.11. The lowest BCUT2D eigenvalue weighted by molar-refractivity contribution is 0.312. The SMILES string of the molecule is Cc1noc(C)c1CN(C)Cc1cscn1. The number of hydrogen-bond donors (Lipinski definition) is 0. The third-order valence-electron chi connectivity index (χ3n) is 2.52. The van der Waals surface area contributed by atoms with Crippen molar-refractivity contribution >= 4 is 11.3 Å². The van der Waals surface area contributed by atoms with Gasteiger partial charge in [0.1, 0.15) is 5.76 Å². The molecule has 2 rings (SSSR count). The lowest BCUT2D eigenvalue weighted by Crippen LogP contribution is -2.18. The molecule has 0 saturated carbocycles. The van der Waals surface area contributed by atoms with Crippen molar-refractivity contribution in [2.75, 3.05) is 7.05 Å². The van der Waals surface area contributed by atoms with Crippen molar-refractivity contribution in [1.29, 1.82) is 0 Å². The second-order valence-electron chi connectivity index (χ2n) is 3.95. The monoisotopic (exact) mass is 237 g/mol. The van der Waals surface area contributed by atoms with Crippen LogP contribution in [0.5, 0.6) is 0 Å². The van der Waals surface area contributed by atoms with Crippen LogP contribution in [0.1, 0.15) is 22.7 Å². The van der Waals surface area contributed by atoms with Crippen LogP contribution in [0.15, 0.2) is 15.4 Å². The summed E-state index contributed by atoms with van der Waals surface area (Å²) in [5, 5.41) is 6.02. The molecule has 0 N–H and O–H groups in total. The van der Waals surface area contributed by atoms with Gasteiger partial charge in [0.25, 0.3) is 0 Å². The summed E-state index contributed by atoms with van der Waals surface area (Å²) < 4.78 is 5.14. The van der Waals surface area contributed by atoms with Gasteiger partial charge in [-0.1, -0.05) is 5.16 Å². The molecule has 0 fully saturated rings. The first-order valence-electron chi connectivity index (χ1n) is 5.14. The Balaban J connectivity index is 2.00. The first kappa shape index (κ1) is 11.3. The Kier molecular flexibility index (Phi) is 3.36. The second-order valence-corrected chi connectivity index (χ2v) is 4.67. The molecule has 5 heteroatoms. The highest BCUT2D eigenvalue weighted by molar-refractivity contribution is 7.07. The summed E-state index contributed by atoms with van der Waals surface area (Å²) in [5.74, 6) is 0.905. The van der Waals surface area contributed by atoms with E-state index in [1.807, 2.05) is 19.4 Å². The van der Waals surface area contributed by atoms with Crippen molar-refractivity contribution in [2.45, 2.75) is 26.9 Å². The van der Waals surface area contributed by atoms with E-state index in [9.17, 15) is 0 Å². The minimum absolute atomic E-state index is 0.846. The normalized spacial score (nSPS) is 11.2. The van der Waals surface area contributed by atoms with Crippen LogP contribution in [0.4, 0.5) is 0 Å². The molecule has 0 aromatic carbocycles. The third kappa shape index (κ3) is 2.48. The van der Waals surface area contributed by atoms with E-state index >= 15 is 0 Å². The lowest BCUT2D eigenvalue weighted by Gasteiger charge is -2.14. The van der Waals surface area contributed by atoms with E-state index in [2.05, 4.69) is 27.5 Å². The summed E-state index contributed by atoms with van der Waals surface area (Å²) in [6.45, 7) is 5.63. The van der Waals surface area contributed by atoms with Gasteiger partial charge in [-0.3, -0.25) is 4.90 Å². The van der Waals surface area contributed by atoms with E-state index in [1.54, 1.807) is 11.3 Å². The maximum atomic E-state index is 5.14. The first-order chi connectivity index (χ1) is 7.66. The second kappa shape index (κ2) is 4.76. The molecule has 0 amide bonds. The van der Waals surface area contributed by atoms with Gasteiger partial charge in [-0.15, -0.1) is 11.3 Å². The molecule has 0 atom stereocenters. The molecule has 2 aromatic heterocycles. The average Bonchev–Trinajstić information content (AvgIpc) is 2.83. The summed E-state index contributed by atoms with van der Waals surface area (Å²) in [7, 11) is 2.07. The van der Waals surface area contributed by atoms with Crippen molar-refractivity contribution in [3.8, 4) is 0 Å². The number of thiazole rings is 1. The van der Waals surface area contributed by atoms with Gasteiger partial charge in [0.15, 0.2) is 0 Å². The fourth-order valence-electron chi connectivity index (χ4n) is 1.65. The first-order valence-corrected chi connectivity index (χ1v) is 6.08. The van der Waals surface area contributed by atoms with Crippen LogP contribution in [0.2, 0.25) is 0 Å². The zero-order chi connectivity index (χ0) is 11.5. The predicted molar refractivity (Wildman–Crippen MR) is 63.3 cm³/mol. The summed E-state index contributed by atoms with van der Waals surface area (Å²) >= 11 is 1.63. The molecule has 0 unspecified atom stereocenters. The van der Waals surface area contributed by atoms with Crippen molar-refractivity contribution in [2.24, 2.45) is 0 Å². The molecule has 0 spiro atoms. The van der Waals surface area contributed by atoms with Crippen molar-refractivity contribution in [3.05, 3.63) is 33.6 Å². The molecule has 0 aliphatic rings. The van der Waals surface area contributed by atoms with Gasteiger partial charge in [-0.2, -0.15) is 0 Å². The quantitative estimate of drug-likeness (QED) is 0.818. The molecule has 16 heavy (non-hydrogen) atoms. The largest absolute Gasteiger partial charge is 0.361 e. The summed E-state index contributed by atoms with van der Waals surface area (Å²) in [4.78, 5) is 6.48. The number of hydrogen-bond acceptors (Lipinski definition) is 5. The van der Waals surface area contributed by atoms with E-state index in [4.69, 9.17) is 4.52 Å². The zero-order valence-corrected chi connectivity index (χ0v) is 10.5. The van der Waals surface area contributed by atoms with Crippen LogP contribution in [-0.2, 0) is 13.1 Å². The fraction of sp³-hybridized carbons (Fsp3) is 0.455. The van der Waals surface area contributed by atoms with Crippen molar-refractivity contribution in [3.63, 3.8) is 0 Å². The van der Waals surface area contributed by atoms with Gasteiger partial charge >= 0.3 is 0 Å². The highest BCUT2D eigenvalue weighted by atomic mass is 32.1. The number of nitrogens with zero attached hydrogens (tertiary/aromatic N) is 3. The van der Waals surface area contributed by atoms with Gasteiger partial charge in [0.05, 0.1) is 16.9 Å². The van der Waals surface area contributed by atoms with Gasteiger partial charge in [-0.25, -0.2) is 4.98 Å². The number of rotatable bonds is 4. The zero-order valence-electron chi connectivity index (χ0n) is 9.73. The Labute approximate surface area is 98.9 Å². The Morgan fingerprint density at radius 3 is 2.75 bits per heavy atom. The van der Waals surface area contributed by atoms with Crippen LogP contribution < -0.4 is 0 Å². The lowest BCUT2D eigenvalue weighted by atomic mass is 10.2. The molecule has 0 aliphatic heterocycles. The molecule has 2 heterocycles. The van der Waals surface area contributed by atoms with E-state index < -0.39 is 0 Å². The van der Waals surface area contributed by atoms with Crippen LogP contribution >= 0.6 is 11.3 Å². The average molecular weight is 237 g/mol.